The van der Waals surface area contributed by atoms with E-state index in [1.807, 2.05) is 0 Å². The Morgan fingerprint density at radius 1 is 0.266 bits per heavy atom. The maximum Gasteiger partial charge on any atom is 0.306 e. The lowest BCUT2D eigenvalue weighted by Gasteiger charge is -2.18. The van der Waals surface area contributed by atoms with Crippen LogP contribution < -0.4 is 0 Å². The number of esters is 3. The number of ether oxygens (including phenoxy) is 3. The van der Waals surface area contributed by atoms with E-state index in [-0.39, 0.29) is 37.5 Å². The van der Waals surface area contributed by atoms with Crippen molar-refractivity contribution in [3.63, 3.8) is 0 Å². The molecule has 0 amide bonds. The second-order valence-electron chi connectivity index (χ2n) is 20.9. The van der Waals surface area contributed by atoms with Crippen LogP contribution in [0.4, 0.5) is 0 Å². The average Bonchev–Trinajstić information content (AvgIpc) is 3.45. The lowest BCUT2D eigenvalue weighted by atomic mass is 10.0. The van der Waals surface area contributed by atoms with Crippen LogP contribution in [0.15, 0.2) is 146 Å². The zero-order valence-corrected chi connectivity index (χ0v) is 51.1. The van der Waals surface area contributed by atoms with Gasteiger partial charge in [-0.05, 0) is 135 Å². The van der Waals surface area contributed by atoms with Gasteiger partial charge in [0.2, 0.25) is 0 Å². The molecule has 6 nitrogen and oxygen atoms in total. The molecule has 0 aromatic carbocycles. The largest absolute Gasteiger partial charge is 0.462 e. The van der Waals surface area contributed by atoms with Crippen LogP contribution >= 0.6 is 0 Å². The first-order valence-corrected chi connectivity index (χ1v) is 32.3. The van der Waals surface area contributed by atoms with Gasteiger partial charge in [-0.15, -0.1) is 0 Å². The van der Waals surface area contributed by atoms with E-state index in [1.54, 1.807) is 0 Å². The molecule has 1 atom stereocenters. The van der Waals surface area contributed by atoms with E-state index in [0.717, 1.165) is 161 Å². The molecule has 0 fully saturated rings. The van der Waals surface area contributed by atoms with Crippen molar-refractivity contribution in [2.75, 3.05) is 13.2 Å². The first-order valence-electron chi connectivity index (χ1n) is 32.3. The van der Waals surface area contributed by atoms with Gasteiger partial charge in [0.15, 0.2) is 6.10 Å². The van der Waals surface area contributed by atoms with E-state index in [4.69, 9.17) is 14.2 Å². The first kappa shape index (κ1) is 74.3. The first-order chi connectivity index (χ1) is 39.0. The number of hydrogen-bond donors (Lipinski definition) is 0. The average molecular weight is 1090 g/mol. The summed E-state index contributed by atoms with van der Waals surface area (Å²) in [5.41, 5.74) is 0. The molecule has 0 spiro atoms. The highest BCUT2D eigenvalue weighted by Gasteiger charge is 2.19. The predicted molar refractivity (Wildman–Crippen MR) is 343 cm³/mol. The molecule has 0 bridgehead atoms. The molecular weight excluding hydrogens is 973 g/mol. The van der Waals surface area contributed by atoms with Gasteiger partial charge in [-0.2, -0.15) is 0 Å². The van der Waals surface area contributed by atoms with E-state index in [1.165, 1.54) is 77.0 Å². The van der Waals surface area contributed by atoms with Gasteiger partial charge in [-0.25, -0.2) is 0 Å². The number of carbonyl (C=O) groups is 3. The van der Waals surface area contributed by atoms with Crippen LogP contribution in [0.5, 0.6) is 0 Å². The van der Waals surface area contributed by atoms with Crippen molar-refractivity contribution < 1.29 is 28.6 Å². The van der Waals surface area contributed by atoms with Gasteiger partial charge >= 0.3 is 17.9 Å². The summed E-state index contributed by atoms with van der Waals surface area (Å²) in [6.07, 6.45) is 94.4. The minimum absolute atomic E-state index is 0.0981. The summed E-state index contributed by atoms with van der Waals surface area (Å²) in [6, 6.07) is 0. The fraction of sp³-hybridized carbons (Fsp3) is 0.630. The number of rotatable bonds is 57. The Hall–Kier alpha value is -4.71. The van der Waals surface area contributed by atoms with Crippen LogP contribution in [0.1, 0.15) is 278 Å². The van der Waals surface area contributed by atoms with Crippen molar-refractivity contribution in [1.82, 2.24) is 0 Å². The maximum atomic E-state index is 12.8. The van der Waals surface area contributed by atoms with Gasteiger partial charge in [0.1, 0.15) is 13.2 Å². The highest BCUT2D eigenvalue weighted by Crippen LogP contribution is 2.15. The van der Waals surface area contributed by atoms with Crippen LogP contribution in [0.2, 0.25) is 0 Å². The van der Waals surface area contributed by atoms with Gasteiger partial charge in [-0.1, -0.05) is 269 Å². The topological polar surface area (TPSA) is 78.9 Å². The van der Waals surface area contributed by atoms with Crippen LogP contribution in [-0.4, -0.2) is 37.2 Å². The second-order valence-corrected chi connectivity index (χ2v) is 20.9. The van der Waals surface area contributed by atoms with Crippen molar-refractivity contribution in [2.24, 2.45) is 0 Å². The smallest absolute Gasteiger partial charge is 0.306 e. The molecule has 0 heterocycles. The van der Waals surface area contributed by atoms with Gasteiger partial charge in [0, 0.05) is 19.3 Å². The van der Waals surface area contributed by atoms with Gasteiger partial charge in [-0.3, -0.25) is 14.4 Å². The molecule has 0 N–H and O–H groups in total. The van der Waals surface area contributed by atoms with Crippen LogP contribution in [-0.2, 0) is 28.6 Å². The monoisotopic (exact) mass is 1090 g/mol. The van der Waals surface area contributed by atoms with Crippen molar-refractivity contribution in [1.29, 1.82) is 0 Å². The fourth-order valence-corrected chi connectivity index (χ4v) is 8.53. The third kappa shape index (κ3) is 64.0. The van der Waals surface area contributed by atoms with Gasteiger partial charge < -0.3 is 14.2 Å². The summed E-state index contributed by atoms with van der Waals surface area (Å²) < 4.78 is 16.8. The Bertz CT molecular complexity index is 1730. The molecule has 0 rings (SSSR count). The van der Waals surface area contributed by atoms with E-state index < -0.39 is 6.10 Å². The number of allylic oxidation sites excluding steroid dienone is 24. The van der Waals surface area contributed by atoms with Crippen LogP contribution in [0.3, 0.4) is 0 Å². The van der Waals surface area contributed by atoms with E-state index >= 15 is 0 Å². The predicted octanol–water partition coefficient (Wildman–Crippen LogP) is 22.3. The second kappa shape index (κ2) is 65.8. The van der Waals surface area contributed by atoms with E-state index in [0.29, 0.717) is 12.8 Å². The molecule has 446 valence electrons. The minimum atomic E-state index is -0.804. The van der Waals surface area contributed by atoms with Crippen molar-refractivity contribution in [3.05, 3.63) is 146 Å². The SMILES string of the molecule is CC/C=C\C/C=C\C/C=C\C/C=C\C/C=C\C/C=C\C/C=C\CCCCCCCCCCCCCCCC(=O)OCC(COC(=O)CCCCCCC/C=C\C/C=C\CCC)OC(=O)CCCCC/C=C\C/C=C\C/C=C\CC. The molecule has 1 unspecified atom stereocenters. The molecule has 0 aliphatic carbocycles. The Balaban J connectivity index is 4.18. The molecule has 0 radical (unpaired) electrons. The Morgan fingerprint density at radius 2 is 0.494 bits per heavy atom. The van der Waals surface area contributed by atoms with Crippen molar-refractivity contribution in [2.45, 2.75) is 284 Å². The summed E-state index contributed by atoms with van der Waals surface area (Å²) in [5, 5.41) is 0. The Labute approximate surface area is 487 Å². The van der Waals surface area contributed by atoms with Crippen molar-refractivity contribution in [3.8, 4) is 0 Å². The normalized spacial score (nSPS) is 13.1. The molecule has 0 aliphatic heterocycles. The third-order valence-electron chi connectivity index (χ3n) is 13.3. The summed E-state index contributed by atoms with van der Waals surface area (Å²) >= 11 is 0. The number of hydrogen-bond acceptors (Lipinski definition) is 6. The maximum absolute atomic E-state index is 12.8. The lowest BCUT2D eigenvalue weighted by molar-refractivity contribution is -0.167. The minimum Gasteiger partial charge on any atom is -0.462 e. The van der Waals surface area contributed by atoms with E-state index in [9.17, 15) is 14.4 Å². The lowest BCUT2D eigenvalue weighted by Crippen LogP contribution is -2.30. The standard InChI is InChI=1S/C73H118O6/c1-4-7-10-13-16-19-22-25-26-27-28-29-30-31-32-33-34-35-36-37-38-39-40-41-42-43-44-45-46-49-51-54-57-60-63-66-72(75)78-69-70(79-73(76)67-64-61-58-55-52-48-24-21-18-15-12-9-6-3)68-77-71(74)65-62-59-56-53-50-47-23-20-17-14-11-8-5-2/h7,9-12,14,16,18-21,23,25-26,28-29,31-32,34-35,37-38,48,52,70H,4-6,8,13,15,17,22,24,27,30,33,36,39-47,49-51,53-69H2,1-3H3/b10-7-,12-9-,14-11-,19-16-,21-18-,23-20-,26-25-,29-28-,32-31-,35-34-,38-37-,52-48-. The van der Waals surface area contributed by atoms with Crippen LogP contribution in [0.25, 0.3) is 0 Å². The zero-order valence-electron chi connectivity index (χ0n) is 51.1. The summed E-state index contributed by atoms with van der Waals surface area (Å²) in [7, 11) is 0. The summed E-state index contributed by atoms with van der Waals surface area (Å²) in [4.78, 5) is 38.2. The van der Waals surface area contributed by atoms with E-state index in [2.05, 4.69) is 167 Å². The molecule has 79 heavy (non-hydrogen) atoms. The molecule has 6 heteroatoms. The molecule has 0 saturated carbocycles. The number of unbranched alkanes of at least 4 members (excludes halogenated alkanes) is 22. The zero-order chi connectivity index (χ0) is 57.1. The summed E-state index contributed by atoms with van der Waals surface area (Å²) in [5.74, 6) is -0.945. The van der Waals surface area contributed by atoms with Crippen LogP contribution in [0, 0.1) is 0 Å². The molecule has 0 aromatic heterocycles. The molecule has 0 aliphatic rings. The molecule has 0 saturated heterocycles. The summed E-state index contributed by atoms with van der Waals surface area (Å²) in [6.45, 7) is 6.31. The fourth-order valence-electron chi connectivity index (χ4n) is 8.53. The Morgan fingerprint density at radius 3 is 0.785 bits per heavy atom. The molecule has 0 aromatic rings. The molecular formula is C73H118O6. The quantitative estimate of drug-likeness (QED) is 0.0261. The van der Waals surface area contributed by atoms with Gasteiger partial charge in [0.05, 0.1) is 0 Å². The number of carbonyl (C=O) groups excluding carboxylic acids is 3. The highest BCUT2D eigenvalue weighted by atomic mass is 16.6. The van der Waals surface area contributed by atoms with Gasteiger partial charge in [0.25, 0.3) is 0 Å². The Kier molecular flexibility index (Phi) is 61.9. The highest BCUT2D eigenvalue weighted by molar-refractivity contribution is 5.71. The van der Waals surface area contributed by atoms with Crippen molar-refractivity contribution >= 4 is 17.9 Å². The third-order valence-corrected chi connectivity index (χ3v) is 13.3.